The fourth-order valence-corrected chi connectivity index (χ4v) is 2.53. The van der Waals surface area contributed by atoms with Gasteiger partial charge in [-0.3, -0.25) is 4.79 Å². The molecule has 138 valence electrons. The van der Waals surface area contributed by atoms with E-state index >= 15 is 0 Å². The Morgan fingerprint density at radius 1 is 1.12 bits per heavy atom. The third-order valence-corrected chi connectivity index (χ3v) is 3.96. The van der Waals surface area contributed by atoms with E-state index in [-0.39, 0.29) is 5.91 Å². The average Bonchev–Trinajstić information content (AvgIpc) is 2.62. The third-order valence-electron chi connectivity index (χ3n) is 3.34. The Hall–Kier alpha value is -2.31. The molecule has 2 rings (SSSR count). The van der Waals surface area contributed by atoms with Crippen molar-refractivity contribution < 1.29 is 19.0 Å². The van der Waals surface area contributed by atoms with Gasteiger partial charge in [-0.25, -0.2) is 0 Å². The maximum Gasteiger partial charge on any atom is 0.255 e. The van der Waals surface area contributed by atoms with Crippen molar-refractivity contribution in [3.63, 3.8) is 0 Å². The minimum atomic E-state index is -0.204. The van der Waals surface area contributed by atoms with E-state index in [1.165, 1.54) is 0 Å². The number of hydrogen-bond donors (Lipinski definition) is 1. The molecule has 0 aliphatic heterocycles. The number of amides is 1. The number of halogens is 1. The van der Waals surface area contributed by atoms with Gasteiger partial charge in [-0.05, 0) is 70.9 Å². The first kappa shape index (κ1) is 20.0. The Kier molecular flexibility index (Phi) is 7.69. The molecule has 0 aromatic heterocycles. The Labute approximate surface area is 162 Å². The smallest absolute Gasteiger partial charge is 0.255 e. The van der Waals surface area contributed by atoms with Gasteiger partial charge in [-0.2, -0.15) is 0 Å². The molecule has 0 radical (unpaired) electrons. The lowest BCUT2D eigenvalue weighted by Gasteiger charge is -2.10. The number of carbonyl (C=O) groups is 1. The van der Waals surface area contributed by atoms with Gasteiger partial charge in [0.1, 0.15) is 24.7 Å². The maximum absolute atomic E-state index is 12.4. The predicted molar refractivity (Wildman–Crippen MR) is 106 cm³/mol. The molecule has 2 aromatic rings. The molecule has 0 unspecified atom stereocenters. The van der Waals surface area contributed by atoms with Crippen LogP contribution < -0.4 is 14.8 Å². The highest BCUT2D eigenvalue weighted by molar-refractivity contribution is 9.10. The minimum absolute atomic E-state index is 0.204. The number of ether oxygens (including phenoxy) is 3. The number of hydrogen-bond acceptors (Lipinski definition) is 4. The van der Waals surface area contributed by atoms with Crippen LogP contribution in [0.1, 0.15) is 17.3 Å². The summed E-state index contributed by atoms with van der Waals surface area (Å²) in [4.78, 5) is 12.4. The van der Waals surface area contributed by atoms with Crippen LogP contribution in [0.25, 0.3) is 0 Å². The largest absolute Gasteiger partial charge is 0.490 e. The molecule has 2 aromatic carbocycles. The fraction of sp³-hybridized carbons (Fsp3) is 0.250. The molecule has 0 saturated heterocycles. The molecule has 0 atom stereocenters. The highest BCUT2D eigenvalue weighted by atomic mass is 79.9. The van der Waals surface area contributed by atoms with Crippen molar-refractivity contribution in [2.75, 3.05) is 32.2 Å². The number of anilines is 1. The van der Waals surface area contributed by atoms with Crippen LogP contribution in [0.2, 0.25) is 0 Å². The summed E-state index contributed by atoms with van der Waals surface area (Å²) in [5, 5.41) is 2.86. The molecule has 0 aliphatic carbocycles. The van der Waals surface area contributed by atoms with Crippen LogP contribution in [-0.4, -0.2) is 32.8 Å². The highest BCUT2D eigenvalue weighted by Crippen LogP contribution is 2.26. The molecule has 0 fully saturated rings. The number of methoxy groups -OCH3 is 1. The lowest BCUT2D eigenvalue weighted by atomic mass is 10.2. The van der Waals surface area contributed by atoms with Gasteiger partial charge in [0.15, 0.2) is 0 Å². The predicted octanol–water partition coefficient (Wildman–Crippen LogP) is 4.68. The highest BCUT2D eigenvalue weighted by Gasteiger charge is 2.10. The van der Waals surface area contributed by atoms with Gasteiger partial charge in [0.25, 0.3) is 5.91 Å². The van der Waals surface area contributed by atoms with Crippen LogP contribution in [-0.2, 0) is 4.74 Å². The van der Waals surface area contributed by atoms with Gasteiger partial charge in [0.05, 0.1) is 11.1 Å². The summed E-state index contributed by atoms with van der Waals surface area (Å²) in [7, 11) is 1.62. The Morgan fingerprint density at radius 2 is 1.85 bits per heavy atom. The fourth-order valence-electron chi connectivity index (χ4n) is 2.04. The Balaban J connectivity index is 1.96. The van der Waals surface area contributed by atoms with E-state index in [0.717, 1.165) is 11.3 Å². The molecule has 1 N–H and O–H groups in total. The number of rotatable bonds is 9. The monoisotopic (exact) mass is 419 g/mol. The summed E-state index contributed by atoms with van der Waals surface area (Å²) in [6.45, 7) is 7.11. The normalized spacial score (nSPS) is 10.3. The first-order valence-corrected chi connectivity index (χ1v) is 8.89. The van der Waals surface area contributed by atoms with Crippen molar-refractivity contribution in [2.24, 2.45) is 0 Å². The quantitative estimate of drug-likeness (QED) is 0.473. The van der Waals surface area contributed by atoms with Gasteiger partial charge in [0, 0.05) is 18.4 Å². The molecule has 0 heterocycles. The summed E-state index contributed by atoms with van der Waals surface area (Å²) < 4.78 is 16.8. The van der Waals surface area contributed by atoms with Crippen LogP contribution in [0.5, 0.6) is 11.5 Å². The minimum Gasteiger partial charge on any atom is -0.490 e. The first-order chi connectivity index (χ1) is 12.5. The van der Waals surface area contributed by atoms with Gasteiger partial charge < -0.3 is 19.5 Å². The molecule has 0 spiro atoms. The van der Waals surface area contributed by atoms with Crippen LogP contribution in [0, 0.1) is 0 Å². The van der Waals surface area contributed by atoms with Crippen molar-refractivity contribution in [1.29, 1.82) is 0 Å². The summed E-state index contributed by atoms with van der Waals surface area (Å²) in [6.07, 6.45) is 0. The van der Waals surface area contributed by atoms with E-state index in [4.69, 9.17) is 14.2 Å². The van der Waals surface area contributed by atoms with E-state index < -0.39 is 0 Å². The molecule has 6 heteroatoms. The van der Waals surface area contributed by atoms with E-state index in [1.54, 1.807) is 49.6 Å². The van der Waals surface area contributed by atoms with Crippen molar-refractivity contribution in [1.82, 2.24) is 0 Å². The number of benzene rings is 2. The zero-order valence-electron chi connectivity index (χ0n) is 14.9. The summed E-state index contributed by atoms with van der Waals surface area (Å²) in [6, 6.07) is 12.4. The van der Waals surface area contributed by atoms with Gasteiger partial charge in [0.2, 0.25) is 0 Å². The molecule has 26 heavy (non-hydrogen) atoms. The van der Waals surface area contributed by atoms with Crippen LogP contribution >= 0.6 is 15.9 Å². The number of nitrogens with one attached hydrogen (secondary N) is 1. The average molecular weight is 420 g/mol. The third kappa shape index (κ3) is 6.20. The molecule has 0 saturated carbocycles. The van der Waals surface area contributed by atoms with Gasteiger partial charge in [-0.15, -0.1) is 0 Å². The van der Waals surface area contributed by atoms with Gasteiger partial charge >= 0.3 is 0 Å². The first-order valence-electron chi connectivity index (χ1n) is 8.09. The van der Waals surface area contributed by atoms with Crippen molar-refractivity contribution in [2.45, 2.75) is 6.92 Å². The zero-order chi connectivity index (χ0) is 18.9. The molecule has 1 amide bonds. The molecular weight excluding hydrogens is 398 g/mol. The second-order valence-corrected chi connectivity index (χ2v) is 6.57. The zero-order valence-corrected chi connectivity index (χ0v) is 16.5. The van der Waals surface area contributed by atoms with E-state index in [0.29, 0.717) is 41.3 Å². The lowest BCUT2D eigenvalue weighted by Crippen LogP contribution is -2.12. The standard InChI is InChI=1S/C20H22BrNO4/c1-14(2)13-26-17-7-5-16(6-8-17)22-20(23)15-4-9-19(18(21)12-15)25-11-10-24-3/h4-9,12H,1,10-11,13H2,2-3H3,(H,22,23). The second kappa shape index (κ2) is 9.99. The molecule has 0 aliphatic rings. The van der Waals surface area contributed by atoms with Crippen molar-refractivity contribution in [3.05, 3.63) is 64.7 Å². The molecule has 5 nitrogen and oxygen atoms in total. The summed E-state index contributed by atoms with van der Waals surface area (Å²) in [5.41, 5.74) is 2.16. The lowest BCUT2D eigenvalue weighted by molar-refractivity contribution is 0.102. The van der Waals surface area contributed by atoms with Gasteiger partial charge in [-0.1, -0.05) is 6.58 Å². The topological polar surface area (TPSA) is 56.8 Å². The second-order valence-electron chi connectivity index (χ2n) is 5.71. The van der Waals surface area contributed by atoms with Crippen molar-refractivity contribution in [3.8, 4) is 11.5 Å². The summed E-state index contributed by atoms with van der Waals surface area (Å²) in [5.74, 6) is 1.19. The molecule has 0 bridgehead atoms. The SMILES string of the molecule is C=C(C)COc1ccc(NC(=O)c2ccc(OCCOC)c(Br)c2)cc1. The van der Waals surface area contributed by atoms with E-state index in [1.807, 2.05) is 6.92 Å². The maximum atomic E-state index is 12.4. The van der Waals surface area contributed by atoms with Crippen LogP contribution in [0.15, 0.2) is 59.1 Å². The Morgan fingerprint density at radius 3 is 2.46 bits per heavy atom. The van der Waals surface area contributed by atoms with E-state index in [9.17, 15) is 4.79 Å². The summed E-state index contributed by atoms with van der Waals surface area (Å²) >= 11 is 3.42. The molecular formula is C20H22BrNO4. The van der Waals surface area contributed by atoms with E-state index in [2.05, 4.69) is 27.8 Å². The van der Waals surface area contributed by atoms with Crippen LogP contribution in [0.4, 0.5) is 5.69 Å². The van der Waals surface area contributed by atoms with Crippen LogP contribution in [0.3, 0.4) is 0 Å². The number of carbonyl (C=O) groups excluding carboxylic acids is 1. The van der Waals surface area contributed by atoms with Crippen molar-refractivity contribution >= 4 is 27.5 Å². The Bertz CT molecular complexity index is 759.